The van der Waals surface area contributed by atoms with E-state index in [1.807, 2.05) is 4.90 Å². The summed E-state index contributed by atoms with van der Waals surface area (Å²) in [5.74, 6) is -0.974. The van der Waals surface area contributed by atoms with Crippen LogP contribution in [0.4, 0.5) is 10.1 Å². The zero-order valence-corrected chi connectivity index (χ0v) is 16.6. The highest BCUT2D eigenvalue weighted by molar-refractivity contribution is 7.89. The van der Waals surface area contributed by atoms with Gasteiger partial charge >= 0.3 is 0 Å². The summed E-state index contributed by atoms with van der Waals surface area (Å²) in [6.45, 7) is 1.52. The Labute approximate surface area is 168 Å². The number of hydrogen-bond acceptors (Lipinski definition) is 5. The van der Waals surface area contributed by atoms with Crippen molar-refractivity contribution in [2.24, 2.45) is 0 Å². The fraction of sp³-hybridized carbons (Fsp3) is 0.368. The van der Waals surface area contributed by atoms with Crippen LogP contribution >= 0.6 is 0 Å². The van der Waals surface area contributed by atoms with Crippen molar-refractivity contribution < 1.29 is 17.6 Å². The number of sulfonamides is 1. The number of aromatic amines is 1. The molecule has 0 radical (unpaired) electrons. The van der Waals surface area contributed by atoms with E-state index in [0.29, 0.717) is 18.8 Å². The van der Waals surface area contributed by atoms with E-state index in [1.54, 1.807) is 24.3 Å². The number of amides is 1. The lowest BCUT2D eigenvalue weighted by atomic mass is 10.2. The Morgan fingerprint density at radius 3 is 2.52 bits per heavy atom. The summed E-state index contributed by atoms with van der Waals surface area (Å²) in [5, 5.41) is 2.56. The summed E-state index contributed by atoms with van der Waals surface area (Å²) in [6, 6.07) is 9.38. The number of carbonyl (C=O) groups is 1. The fourth-order valence-electron chi connectivity index (χ4n) is 3.20. The molecule has 1 fully saturated rings. The summed E-state index contributed by atoms with van der Waals surface area (Å²) in [6.07, 6.45) is 1.66. The average molecular weight is 422 g/mol. The zero-order valence-electron chi connectivity index (χ0n) is 15.8. The minimum Gasteiger partial charge on any atom is -0.367 e. The van der Waals surface area contributed by atoms with Crippen molar-refractivity contribution in [2.75, 3.05) is 43.4 Å². The van der Waals surface area contributed by atoms with Gasteiger partial charge in [-0.05, 0) is 30.7 Å². The van der Waals surface area contributed by atoms with E-state index in [-0.39, 0.29) is 43.2 Å². The topological polar surface area (TPSA) is 103 Å². The molecular formula is C19H23FN4O4S. The van der Waals surface area contributed by atoms with Crippen molar-refractivity contribution >= 4 is 21.6 Å². The van der Waals surface area contributed by atoms with E-state index < -0.39 is 21.5 Å². The first-order chi connectivity index (χ1) is 13.9. The van der Waals surface area contributed by atoms with Gasteiger partial charge < -0.3 is 15.2 Å². The molecule has 0 atom stereocenters. The first kappa shape index (κ1) is 21.0. The Morgan fingerprint density at radius 1 is 1.10 bits per heavy atom. The third-order valence-electron chi connectivity index (χ3n) is 4.75. The van der Waals surface area contributed by atoms with Gasteiger partial charge in [-0.15, -0.1) is 0 Å². The second-order valence-corrected chi connectivity index (χ2v) is 8.76. The monoisotopic (exact) mass is 422 g/mol. The molecule has 0 aliphatic carbocycles. The van der Waals surface area contributed by atoms with Crippen LogP contribution in [0.5, 0.6) is 0 Å². The fourth-order valence-corrected chi connectivity index (χ4v) is 4.68. The number of hydrogen-bond donors (Lipinski definition) is 2. The highest BCUT2D eigenvalue weighted by Gasteiger charge is 2.27. The van der Waals surface area contributed by atoms with Gasteiger partial charge in [0.15, 0.2) is 0 Å². The minimum atomic E-state index is -3.48. The van der Waals surface area contributed by atoms with Crippen LogP contribution in [0.15, 0.2) is 47.4 Å². The molecule has 156 valence electrons. The van der Waals surface area contributed by atoms with Crippen LogP contribution in [0.2, 0.25) is 0 Å². The molecule has 1 aliphatic rings. The number of carbonyl (C=O) groups excluding carboxylic acids is 1. The molecule has 0 unspecified atom stereocenters. The maximum atomic E-state index is 13.9. The number of pyridine rings is 1. The molecule has 0 bridgehead atoms. The van der Waals surface area contributed by atoms with Gasteiger partial charge in [-0.2, -0.15) is 4.31 Å². The molecule has 1 aliphatic heterocycles. The Bertz CT molecular complexity index is 1020. The van der Waals surface area contributed by atoms with Crippen molar-refractivity contribution in [3.8, 4) is 0 Å². The number of halogens is 1. The first-order valence-corrected chi connectivity index (χ1v) is 10.9. The summed E-state index contributed by atoms with van der Waals surface area (Å²) in [7, 11) is -3.48. The summed E-state index contributed by atoms with van der Waals surface area (Å²) in [4.78, 5) is 27.8. The third kappa shape index (κ3) is 5.21. The van der Waals surface area contributed by atoms with Gasteiger partial charge in [0, 0.05) is 38.9 Å². The molecule has 1 amide bonds. The van der Waals surface area contributed by atoms with Gasteiger partial charge in [-0.3, -0.25) is 9.59 Å². The van der Waals surface area contributed by atoms with Gasteiger partial charge in [0.2, 0.25) is 10.0 Å². The van der Waals surface area contributed by atoms with Crippen molar-refractivity contribution in [1.82, 2.24) is 14.6 Å². The average Bonchev–Trinajstić information content (AvgIpc) is 2.72. The van der Waals surface area contributed by atoms with Crippen molar-refractivity contribution in [2.45, 2.75) is 6.42 Å². The number of nitrogens with zero attached hydrogens (tertiary/aromatic N) is 2. The molecule has 3 rings (SSSR count). The highest BCUT2D eigenvalue weighted by Crippen LogP contribution is 2.21. The van der Waals surface area contributed by atoms with Gasteiger partial charge in [0.05, 0.1) is 11.4 Å². The van der Waals surface area contributed by atoms with Crippen LogP contribution < -0.4 is 15.8 Å². The van der Waals surface area contributed by atoms with Crippen molar-refractivity contribution in [3.05, 3.63) is 64.3 Å². The Hall–Kier alpha value is -2.72. The highest BCUT2D eigenvalue weighted by atomic mass is 32.2. The molecule has 2 heterocycles. The lowest BCUT2D eigenvalue weighted by molar-refractivity contribution is 0.0952. The maximum Gasteiger partial charge on any atom is 0.260 e. The molecule has 1 aromatic heterocycles. The smallest absolute Gasteiger partial charge is 0.260 e. The lowest BCUT2D eigenvalue weighted by Crippen LogP contribution is -2.49. The molecule has 0 saturated carbocycles. The Morgan fingerprint density at radius 2 is 1.83 bits per heavy atom. The maximum absolute atomic E-state index is 13.9. The second-order valence-electron chi connectivity index (χ2n) is 6.68. The normalized spacial score (nSPS) is 15.3. The molecule has 10 heteroatoms. The van der Waals surface area contributed by atoms with Gasteiger partial charge in [-0.1, -0.05) is 12.1 Å². The van der Waals surface area contributed by atoms with Gasteiger partial charge in [-0.25, -0.2) is 12.8 Å². The van der Waals surface area contributed by atoms with E-state index in [4.69, 9.17) is 0 Å². The molecule has 1 saturated heterocycles. The number of rotatable bonds is 7. The largest absolute Gasteiger partial charge is 0.367 e. The molecule has 29 heavy (non-hydrogen) atoms. The van der Waals surface area contributed by atoms with E-state index >= 15 is 0 Å². The summed E-state index contributed by atoms with van der Waals surface area (Å²) in [5.41, 5.74) is -0.0341. The zero-order chi connectivity index (χ0) is 20.9. The molecule has 8 nitrogen and oxygen atoms in total. The number of aromatic nitrogens is 1. The Balaban J connectivity index is 1.46. The predicted octanol–water partition coefficient (Wildman–Crippen LogP) is 0.786. The summed E-state index contributed by atoms with van der Waals surface area (Å²) >= 11 is 0. The Kier molecular flexibility index (Phi) is 6.65. The van der Waals surface area contributed by atoms with Gasteiger partial charge in [0.1, 0.15) is 11.4 Å². The second kappa shape index (κ2) is 9.19. The van der Waals surface area contributed by atoms with Crippen LogP contribution in [-0.4, -0.2) is 62.1 Å². The van der Waals surface area contributed by atoms with Crippen LogP contribution in [0.3, 0.4) is 0 Å². The van der Waals surface area contributed by atoms with Crippen LogP contribution in [0.25, 0.3) is 0 Å². The first-order valence-electron chi connectivity index (χ1n) is 9.32. The third-order valence-corrected chi connectivity index (χ3v) is 6.71. The number of nitrogens with one attached hydrogen (secondary N) is 2. The van der Waals surface area contributed by atoms with Crippen molar-refractivity contribution in [1.29, 1.82) is 0 Å². The quantitative estimate of drug-likeness (QED) is 0.642. The summed E-state index contributed by atoms with van der Waals surface area (Å²) < 4.78 is 40.4. The van der Waals surface area contributed by atoms with Gasteiger partial charge in [0.25, 0.3) is 11.5 Å². The molecule has 2 aromatic rings. The standard InChI is InChI=1S/C19H23FN4O4S/c20-16-6-1-2-7-17(16)23-10-12-24(13-11-23)29(27,28)14-4-9-22-19(26)15-5-3-8-21-18(15)25/h1-3,5-8H,4,9-14H2,(H,21,25)(H,22,26). The molecule has 0 spiro atoms. The van der Waals surface area contributed by atoms with E-state index in [1.165, 1.54) is 22.6 Å². The molecule has 1 aromatic carbocycles. The van der Waals surface area contributed by atoms with E-state index in [2.05, 4.69) is 10.3 Å². The number of piperazine rings is 1. The number of anilines is 1. The number of H-pyrrole nitrogens is 1. The van der Waals surface area contributed by atoms with Crippen LogP contribution in [-0.2, 0) is 10.0 Å². The molecular weight excluding hydrogens is 399 g/mol. The van der Waals surface area contributed by atoms with E-state index in [9.17, 15) is 22.4 Å². The minimum absolute atomic E-state index is 0.0142. The number of benzene rings is 1. The number of para-hydroxylation sites is 1. The lowest BCUT2D eigenvalue weighted by Gasteiger charge is -2.35. The molecule has 2 N–H and O–H groups in total. The predicted molar refractivity (Wildman–Crippen MR) is 108 cm³/mol. The van der Waals surface area contributed by atoms with Crippen LogP contribution in [0.1, 0.15) is 16.8 Å². The SMILES string of the molecule is O=C(NCCCS(=O)(=O)N1CCN(c2ccccc2F)CC1)c1ccc[nH]c1=O. The van der Waals surface area contributed by atoms with E-state index in [0.717, 1.165) is 0 Å². The van der Waals surface area contributed by atoms with Crippen molar-refractivity contribution in [3.63, 3.8) is 0 Å². The van der Waals surface area contributed by atoms with Crippen LogP contribution in [0, 0.1) is 5.82 Å².